The highest BCUT2D eigenvalue weighted by Gasteiger charge is 2.09. The van der Waals surface area contributed by atoms with Crippen LogP contribution in [-0.4, -0.2) is 29.0 Å². The first-order valence-electron chi connectivity index (χ1n) is 4.22. The van der Waals surface area contributed by atoms with Crippen LogP contribution in [0.15, 0.2) is 24.3 Å². The minimum atomic E-state index is -0.484. The molecule has 0 fully saturated rings. The number of aliphatic hydroxyl groups excluding tert-OH is 1. The van der Waals surface area contributed by atoms with E-state index in [1.165, 1.54) is 23.9 Å². The maximum Gasteiger partial charge on any atom is 0.175 e. The molecule has 0 radical (unpaired) electrons. The highest BCUT2D eigenvalue weighted by atomic mass is 32.2. The summed E-state index contributed by atoms with van der Waals surface area (Å²) in [4.78, 5) is 11.4. The molecule has 0 saturated heterocycles. The molecule has 1 N–H and O–H groups in total. The molecule has 0 amide bonds. The lowest BCUT2D eigenvalue weighted by atomic mass is 10.1. The third kappa shape index (κ3) is 3.12. The highest BCUT2D eigenvalue weighted by Crippen LogP contribution is 2.10. The molecule has 0 heterocycles. The third-order valence-electron chi connectivity index (χ3n) is 1.64. The van der Waals surface area contributed by atoms with E-state index in [-0.39, 0.29) is 23.7 Å². The predicted molar refractivity (Wildman–Crippen MR) is 55.1 cm³/mol. The molecule has 76 valence electrons. The quantitative estimate of drug-likeness (QED) is 0.599. The Labute approximate surface area is 86.1 Å². The van der Waals surface area contributed by atoms with Crippen molar-refractivity contribution in [3.63, 3.8) is 0 Å². The van der Waals surface area contributed by atoms with Crippen molar-refractivity contribution in [3.05, 3.63) is 35.6 Å². The van der Waals surface area contributed by atoms with Gasteiger partial charge in [-0.3, -0.25) is 4.79 Å². The molecule has 0 aliphatic heterocycles. The van der Waals surface area contributed by atoms with Crippen LogP contribution >= 0.6 is 11.8 Å². The molecule has 0 saturated carbocycles. The number of benzene rings is 1. The van der Waals surface area contributed by atoms with E-state index in [2.05, 4.69) is 0 Å². The third-order valence-corrected chi connectivity index (χ3v) is 2.58. The van der Waals surface area contributed by atoms with E-state index >= 15 is 0 Å². The number of ketones is 1. The Morgan fingerprint density at radius 3 is 2.79 bits per heavy atom. The van der Waals surface area contributed by atoms with Gasteiger partial charge in [0.1, 0.15) is 5.82 Å². The molecule has 0 bridgehead atoms. The van der Waals surface area contributed by atoms with E-state index in [0.717, 1.165) is 0 Å². The molecule has 0 aromatic heterocycles. The van der Waals surface area contributed by atoms with E-state index in [4.69, 9.17) is 5.11 Å². The number of Topliss-reactive ketones (excluding diaryl/α,β-unsaturated/α-hetero) is 1. The summed E-state index contributed by atoms with van der Waals surface area (Å²) in [5.41, 5.74) is 0.123. The van der Waals surface area contributed by atoms with Gasteiger partial charge in [-0.1, -0.05) is 12.1 Å². The summed E-state index contributed by atoms with van der Waals surface area (Å²) in [6.45, 7) is 0.0369. The number of hydrogen-bond donors (Lipinski definition) is 1. The molecule has 0 unspecified atom stereocenters. The van der Waals surface area contributed by atoms with E-state index in [1.54, 1.807) is 12.1 Å². The van der Waals surface area contributed by atoms with E-state index in [9.17, 15) is 9.18 Å². The number of carbonyl (C=O) groups is 1. The molecule has 0 atom stereocenters. The number of halogens is 1. The van der Waals surface area contributed by atoms with E-state index in [1.807, 2.05) is 0 Å². The Kier molecular flexibility index (Phi) is 4.62. The van der Waals surface area contributed by atoms with Crippen molar-refractivity contribution < 1.29 is 14.3 Å². The van der Waals surface area contributed by atoms with Crippen LogP contribution in [0.3, 0.4) is 0 Å². The smallest absolute Gasteiger partial charge is 0.175 e. The molecule has 1 aromatic rings. The first kappa shape index (κ1) is 11.2. The van der Waals surface area contributed by atoms with Gasteiger partial charge in [-0.15, -0.1) is 0 Å². The zero-order chi connectivity index (χ0) is 10.4. The average molecular weight is 214 g/mol. The van der Waals surface area contributed by atoms with Crippen LogP contribution in [0.5, 0.6) is 0 Å². The van der Waals surface area contributed by atoms with E-state index in [0.29, 0.717) is 5.75 Å². The van der Waals surface area contributed by atoms with Gasteiger partial charge >= 0.3 is 0 Å². The second-order valence-corrected chi connectivity index (χ2v) is 3.78. The largest absolute Gasteiger partial charge is 0.396 e. The summed E-state index contributed by atoms with van der Waals surface area (Å²) in [7, 11) is 0. The van der Waals surface area contributed by atoms with Crippen molar-refractivity contribution in [2.45, 2.75) is 0 Å². The standard InChI is InChI=1S/C10H11FO2S/c11-9-4-2-1-3-8(9)10(13)7-14-6-5-12/h1-4,12H,5-7H2. The lowest BCUT2D eigenvalue weighted by molar-refractivity contribution is 0.101. The van der Waals surface area contributed by atoms with Gasteiger partial charge in [0.25, 0.3) is 0 Å². The maximum absolute atomic E-state index is 13.1. The Morgan fingerprint density at radius 1 is 1.43 bits per heavy atom. The minimum absolute atomic E-state index is 0.0369. The second-order valence-electron chi connectivity index (χ2n) is 2.68. The minimum Gasteiger partial charge on any atom is -0.396 e. The number of rotatable bonds is 5. The normalized spacial score (nSPS) is 10.1. The van der Waals surface area contributed by atoms with Gasteiger partial charge < -0.3 is 5.11 Å². The van der Waals surface area contributed by atoms with Crippen LogP contribution in [-0.2, 0) is 0 Å². The molecule has 1 rings (SSSR count). The van der Waals surface area contributed by atoms with E-state index < -0.39 is 5.82 Å². The van der Waals surface area contributed by atoms with Gasteiger partial charge in [0.2, 0.25) is 0 Å². The van der Waals surface area contributed by atoms with Crippen molar-refractivity contribution in [1.82, 2.24) is 0 Å². The molecule has 0 aliphatic carbocycles. The first-order valence-corrected chi connectivity index (χ1v) is 5.37. The number of hydrogen-bond acceptors (Lipinski definition) is 3. The predicted octanol–water partition coefficient (Wildman–Crippen LogP) is 1.73. The van der Waals surface area contributed by atoms with Crippen molar-refractivity contribution in [2.75, 3.05) is 18.1 Å². The molecular weight excluding hydrogens is 203 g/mol. The maximum atomic E-state index is 13.1. The van der Waals surface area contributed by atoms with Gasteiger partial charge in [0.15, 0.2) is 5.78 Å². The molecule has 0 spiro atoms. The van der Waals surface area contributed by atoms with Crippen LogP contribution in [0.25, 0.3) is 0 Å². The average Bonchev–Trinajstić information content (AvgIpc) is 2.18. The summed E-state index contributed by atoms with van der Waals surface area (Å²) in [5.74, 6) is -0.00884. The molecular formula is C10H11FO2S. The summed E-state index contributed by atoms with van der Waals surface area (Å²) < 4.78 is 13.1. The monoisotopic (exact) mass is 214 g/mol. The fraction of sp³-hybridized carbons (Fsp3) is 0.300. The number of aliphatic hydroxyl groups is 1. The molecule has 0 aliphatic rings. The van der Waals surface area contributed by atoms with Crippen molar-refractivity contribution in [1.29, 1.82) is 0 Å². The number of thioether (sulfide) groups is 1. The SMILES string of the molecule is O=C(CSCCO)c1ccccc1F. The van der Waals surface area contributed by atoms with Crippen molar-refractivity contribution in [2.24, 2.45) is 0 Å². The van der Waals surface area contributed by atoms with Gasteiger partial charge in [0, 0.05) is 5.75 Å². The van der Waals surface area contributed by atoms with Crippen molar-refractivity contribution in [3.8, 4) is 0 Å². The van der Waals surface area contributed by atoms with Gasteiger partial charge in [0.05, 0.1) is 17.9 Å². The zero-order valence-electron chi connectivity index (χ0n) is 7.57. The lowest BCUT2D eigenvalue weighted by Gasteiger charge is -2.01. The Bertz CT molecular complexity index is 315. The second kappa shape index (κ2) is 5.78. The molecule has 1 aromatic carbocycles. The van der Waals surface area contributed by atoms with Gasteiger partial charge in [-0.05, 0) is 12.1 Å². The fourth-order valence-corrected chi connectivity index (χ4v) is 1.61. The van der Waals surface area contributed by atoms with Crippen LogP contribution in [0.1, 0.15) is 10.4 Å². The topological polar surface area (TPSA) is 37.3 Å². The Balaban J connectivity index is 2.56. The highest BCUT2D eigenvalue weighted by molar-refractivity contribution is 8.00. The molecule has 4 heteroatoms. The van der Waals surface area contributed by atoms with Gasteiger partial charge in [-0.2, -0.15) is 11.8 Å². The summed E-state index contributed by atoms with van der Waals surface area (Å²) >= 11 is 1.30. The summed E-state index contributed by atoms with van der Waals surface area (Å²) in [6.07, 6.45) is 0. The van der Waals surface area contributed by atoms with Crippen LogP contribution in [0.4, 0.5) is 4.39 Å². The molecule has 2 nitrogen and oxygen atoms in total. The number of carbonyl (C=O) groups excluding carboxylic acids is 1. The Hall–Kier alpha value is -0.870. The first-order chi connectivity index (χ1) is 6.75. The summed E-state index contributed by atoms with van der Waals surface area (Å²) in [6, 6.07) is 5.92. The molecule has 14 heavy (non-hydrogen) atoms. The fourth-order valence-electron chi connectivity index (χ4n) is 0.995. The lowest BCUT2D eigenvalue weighted by Crippen LogP contribution is -2.06. The van der Waals surface area contributed by atoms with Gasteiger partial charge in [-0.25, -0.2) is 4.39 Å². The van der Waals surface area contributed by atoms with Crippen LogP contribution in [0.2, 0.25) is 0 Å². The Morgan fingerprint density at radius 2 is 2.14 bits per heavy atom. The van der Waals surface area contributed by atoms with Crippen LogP contribution < -0.4 is 0 Å². The van der Waals surface area contributed by atoms with Crippen molar-refractivity contribution >= 4 is 17.5 Å². The van der Waals surface area contributed by atoms with Crippen LogP contribution in [0, 0.1) is 5.82 Å². The summed E-state index contributed by atoms with van der Waals surface area (Å²) in [5, 5.41) is 8.50. The zero-order valence-corrected chi connectivity index (χ0v) is 8.39.